The summed E-state index contributed by atoms with van der Waals surface area (Å²) in [6.45, 7) is 3.60. The minimum absolute atomic E-state index is 0.0255. The molecular formula is C18H21N3O2. The lowest BCUT2D eigenvalue weighted by molar-refractivity contribution is -0.117. The fraction of sp³-hybridized carbons (Fsp3) is 0.444. The zero-order valence-corrected chi connectivity index (χ0v) is 13.3. The number of para-hydroxylation sites is 1. The van der Waals surface area contributed by atoms with Crippen LogP contribution in [0.15, 0.2) is 36.5 Å². The maximum absolute atomic E-state index is 12.7. The maximum atomic E-state index is 12.7. The molecule has 5 nitrogen and oxygen atoms in total. The van der Waals surface area contributed by atoms with E-state index in [9.17, 15) is 4.79 Å². The Morgan fingerprint density at radius 2 is 2.30 bits per heavy atom. The number of hydrogen-bond acceptors (Lipinski definition) is 3. The van der Waals surface area contributed by atoms with Crippen molar-refractivity contribution in [3.05, 3.63) is 42.1 Å². The van der Waals surface area contributed by atoms with Gasteiger partial charge in [0.1, 0.15) is 11.6 Å². The van der Waals surface area contributed by atoms with Crippen molar-refractivity contribution in [1.29, 1.82) is 0 Å². The average molecular weight is 311 g/mol. The number of anilines is 1. The van der Waals surface area contributed by atoms with Gasteiger partial charge in [-0.05, 0) is 25.3 Å². The number of aromatic nitrogens is 2. The molecule has 2 heterocycles. The molecule has 2 aromatic rings. The summed E-state index contributed by atoms with van der Waals surface area (Å²) in [4.78, 5) is 12.7. The number of carbonyl (C=O) groups is 1. The van der Waals surface area contributed by atoms with E-state index in [1.165, 1.54) is 5.56 Å². The molecule has 1 fully saturated rings. The predicted molar refractivity (Wildman–Crippen MR) is 87.5 cm³/mol. The Morgan fingerprint density at radius 1 is 1.43 bits per heavy atom. The molecular weight excluding hydrogens is 290 g/mol. The molecule has 1 N–H and O–H groups in total. The van der Waals surface area contributed by atoms with Crippen molar-refractivity contribution in [2.75, 3.05) is 11.9 Å². The SMILES string of the molecule is CCCn1nccc1NC(=O)[C@@H]1C[C@@]12CCOc1ccccc12. The fourth-order valence-electron chi connectivity index (χ4n) is 3.75. The average Bonchev–Trinajstić information content (AvgIpc) is 3.12. The number of benzene rings is 1. The van der Waals surface area contributed by atoms with Gasteiger partial charge >= 0.3 is 0 Å². The standard InChI is InChI=1S/C18H21N3O2/c1-2-10-21-16(7-9-19-21)20-17(22)14-12-18(14)8-11-23-15-6-4-3-5-13(15)18/h3-7,9,14H,2,8,10-12H2,1H3,(H,20,22)/t14-,18+/m0/s1. The third-order valence-corrected chi connectivity index (χ3v) is 5.02. The van der Waals surface area contributed by atoms with Crippen LogP contribution in [0, 0.1) is 5.92 Å². The van der Waals surface area contributed by atoms with Gasteiger partial charge < -0.3 is 10.1 Å². The summed E-state index contributed by atoms with van der Waals surface area (Å²) < 4.78 is 7.59. The monoisotopic (exact) mass is 311 g/mol. The summed E-state index contributed by atoms with van der Waals surface area (Å²) in [7, 11) is 0. The molecule has 23 heavy (non-hydrogen) atoms. The first-order valence-corrected chi connectivity index (χ1v) is 8.29. The molecule has 0 bridgehead atoms. The van der Waals surface area contributed by atoms with Crippen LogP contribution in [0.5, 0.6) is 5.75 Å². The predicted octanol–water partition coefficient (Wildman–Crippen LogP) is 2.97. The van der Waals surface area contributed by atoms with Crippen molar-refractivity contribution in [1.82, 2.24) is 9.78 Å². The molecule has 2 aliphatic rings. The number of fused-ring (bicyclic) bond motifs is 2. The van der Waals surface area contributed by atoms with Crippen LogP contribution < -0.4 is 10.1 Å². The van der Waals surface area contributed by atoms with Crippen LogP contribution in [0.1, 0.15) is 31.7 Å². The zero-order valence-electron chi connectivity index (χ0n) is 13.3. The second-order valence-electron chi connectivity index (χ2n) is 6.44. The van der Waals surface area contributed by atoms with E-state index in [2.05, 4.69) is 23.4 Å². The molecule has 0 unspecified atom stereocenters. The third kappa shape index (κ3) is 2.31. The lowest BCUT2D eigenvalue weighted by atomic mass is 9.87. The third-order valence-electron chi connectivity index (χ3n) is 5.02. The van der Waals surface area contributed by atoms with Crippen molar-refractivity contribution in [2.24, 2.45) is 5.92 Å². The molecule has 0 radical (unpaired) electrons. The van der Waals surface area contributed by atoms with Gasteiger partial charge in [-0.15, -0.1) is 0 Å². The second kappa shape index (κ2) is 5.41. The number of carbonyl (C=O) groups excluding carboxylic acids is 1. The van der Waals surface area contributed by atoms with Crippen LogP contribution in [0.4, 0.5) is 5.82 Å². The molecule has 2 atom stereocenters. The topological polar surface area (TPSA) is 56.2 Å². The van der Waals surface area contributed by atoms with E-state index in [0.717, 1.165) is 37.4 Å². The lowest BCUT2D eigenvalue weighted by Crippen LogP contribution is -2.27. The van der Waals surface area contributed by atoms with Crippen LogP contribution in [-0.2, 0) is 16.8 Å². The Kier molecular flexibility index (Phi) is 3.36. The van der Waals surface area contributed by atoms with Gasteiger partial charge in [0, 0.05) is 29.5 Å². The molecule has 0 saturated heterocycles. The van der Waals surface area contributed by atoms with Crippen molar-refractivity contribution in [3.8, 4) is 5.75 Å². The molecule has 1 aromatic carbocycles. The number of nitrogens with zero attached hydrogens (tertiary/aromatic N) is 2. The summed E-state index contributed by atoms with van der Waals surface area (Å²) >= 11 is 0. The van der Waals surface area contributed by atoms with Crippen LogP contribution in [-0.4, -0.2) is 22.3 Å². The number of rotatable bonds is 4. The van der Waals surface area contributed by atoms with Gasteiger partial charge in [-0.25, -0.2) is 4.68 Å². The Hall–Kier alpha value is -2.30. The van der Waals surface area contributed by atoms with Crippen molar-refractivity contribution in [2.45, 2.75) is 38.1 Å². The van der Waals surface area contributed by atoms with E-state index in [0.29, 0.717) is 6.61 Å². The smallest absolute Gasteiger partial charge is 0.229 e. The first kappa shape index (κ1) is 14.3. The van der Waals surface area contributed by atoms with E-state index in [1.807, 2.05) is 28.9 Å². The van der Waals surface area contributed by atoms with Crippen LogP contribution in [0.25, 0.3) is 0 Å². The number of ether oxygens (including phenoxy) is 1. The normalized spacial score (nSPS) is 24.8. The van der Waals surface area contributed by atoms with Crippen molar-refractivity contribution >= 4 is 11.7 Å². The summed E-state index contributed by atoms with van der Waals surface area (Å²) in [5, 5.41) is 7.32. The molecule has 1 spiro atoms. The van der Waals surface area contributed by atoms with Gasteiger partial charge in [-0.2, -0.15) is 5.10 Å². The highest BCUT2D eigenvalue weighted by molar-refractivity contribution is 5.95. The summed E-state index contributed by atoms with van der Waals surface area (Å²) in [5.74, 6) is 1.85. The summed E-state index contributed by atoms with van der Waals surface area (Å²) in [6, 6.07) is 9.97. The summed E-state index contributed by atoms with van der Waals surface area (Å²) in [6.07, 6.45) is 4.54. The number of aryl methyl sites for hydroxylation is 1. The molecule has 120 valence electrons. The van der Waals surface area contributed by atoms with Gasteiger partial charge in [0.05, 0.1) is 12.8 Å². The number of amides is 1. The highest BCUT2D eigenvalue weighted by Crippen LogP contribution is 2.60. The second-order valence-corrected chi connectivity index (χ2v) is 6.44. The van der Waals surface area contributed by atoms with Gasteiger partial charge in [0.15, 0.2) is 0 Å². The van der Waals surface area contributed by atoms with E-state index < -0.39 is 0 Å². The fourth-order valence-corrected chi connectivity index (χ4v) is 3.75. The summed E-state index contributed by atoms with van der Waals surface area (Å²) in [5.41, 5.74) is 1.16. The van der Waals surface area contributed by atoms with Crippen LogP contribution in [0.2, 0.25) is 0 Å². The highest BCUT2D eigenvalue weighted by Gasteiger charge is 2.61. The quantitative estimate of drug-likeness (QED) is 0.944. The minimum atomic E-state index is -0.0332. The number of nitrogens with one attached hydrogen (secondary N) is 1. The van der Waals surface area contributed by atoms with Crippen molar-refractivity contribution in [3.63, 3.8) is 0 Å². The maximum Gasteiger partial charge on any atom is 0.229 e. The molecule has 1 aliphatic carbocycles. The van der Waals surface area contributed by atoms with Gasteiger partial charge in [0.25, 0.3) is 0 Å². The first-order valence-electron chi connectivity index (χ1n) is 8.29. The molecule has 1 aliphatic heterocycles. The van der Waals surface area contributed by atoms with Gasteiger partial charge in [-0.1, -0.05) is 25.1 Å². The molecule has 1 amide bonds. The number of hydrogen-bond donors (Lipinski definition) is 1. The Labute approximate surface area is 135 Å². The van der Waals surface area contributed by atoms with Gasteiger partial charge in [-0.3, -0.25) is 4.79 Å². The van der Waals surface area contributed by atoms with Crippen molar-refractivity contribution < 1.29 is 9.53 Å². The molecule has 4 rings (SSSR count). The van der Waals surface area contributed by atoms with E-state index >= 15 is 0 Å². The van der Waals surface area contributed by atoms with Crippen LogP contribution >= 0.6 is 0 Å². The van der Waals surface area contributed by atoms with Gasteiger partial charge in [0.2, 0.25) is 5.91 Å². The lowest BCUT2D eigenvalue weighted by Gasteiger charge is -2.26. The highest BCUT2D eigenvalue weighted by atomic mass is 16.5. The van der Waals surface area contributed by atoms with E-state index in [4.69, 9.17) is 4.74 Å². The Morgan fingerprint density at radius 3 is 3.17 bits per heavy atom. The van der Waals surface area contributed by atoms with E-state index in [1.54, 1.807) is 6.20 Å². The van der Waals surface area contributed by atoms with Crippen LogP contribution in [0.3, 0.4) is 0 Å². The van der Waals surface area contributed by atoms with E-state index in [-0.39, 0.29) is 17.2 Å². The molecule has 5 heteroatoms. The zero-order chi connectivity index (χ0) is 15.9. The first-order chi connectivity index (χ1) is 11.2. The molecule has 1 aromatic heterocycles. The molecule has 1 saturated carbocycles. The Balaban J connectivity index is 1.53. The minimum Gasteiger partial charge on any atom is -0.493 e. The largest absolute Gasteiger partial charge is 0.493 e. The Bertz CT molecular complexity index is 739.